The number of ether oxygens (including phenoxy) is 1. The topological polar surface area (TPSA) is 116 Å². The molecule has 2 unspecified atom stereocenters. The van der Waals surface area contributed by atoms with Gasteiger partial charge in [0.25, 0.3) is 0 Å². The minimum atomic E-state index is -1.11. The minimum Gasteiger partial charge on any atom is -0.387 e. The molecule has 0 aromatic carbocycles. The number of fused-ring (bicyclic) bond motifs is 1. The third-order valence-corrected chi connectivity index (χ3v) is 4.74. The SMILES string of the molecule is NC1=NCN=C2C1N=CN2C1O[C@H](CSCCF)[C@@H](O)[C@H]1O. The number of aliphatic hydroxyl groups is 2. The first-order valence-electron chi connectivity index (χ1n) is 6.94. The molecule has 0 aromatic heterocycles. The van der Waals surface area contributed by atoms with Gasteiger partial charge in [-0.1, -0.05) is 0 Å². The van der Waals surface area contributed by atoms with Crippen LogP contribution in [0.3, 0.4) is 0 Å². The molecule has 3 aliphatic heterocycles. The van der Waals surface area contributed by atoms with Crippen LogP contribution in [0, 0.1) is 0 Å². The van der Waals surface area contributed by atoms with Crippen LogP contribution >= 0.6 is 11.8 Å². The van der Waals surface area contributed by atoms with Gasteiger partial charge in [-0.2, -0.15) is 11.8 Å². The van der Waals surface area contributed by atoms with Crippen LogP contribution in [0.1, 0.15) is 0 Å². The van der Waals surface area contributed by atoms with Crippen molar-refractivity contribution in [3.63, 3.8) is 0 Å². The van der Waals surface area contributed by atoms with Crippen molar-refractivity contribution in [2.24, 2.45) is 20.7 Å². The van der Waals surface area contributed by atoms with Crippen LogP contribution in [-0.2, 0) is 4.74 Å². The van der Waals surface area contributed by atoms with Crippen molar-refractivity contribution in [1.29, 1.82) is 0 Å². The summed E-state index contributed by atoms with van der Waals surface area (Å²) in [5, 5.41) is 20.3. The van der Waals surface area contributed by atoms with Crippen LogP contribution in [0.15, 0.2) is 15.0 Å². The first-order valence-corrected chi connectivity index (χ1v) is 8.10. The normalized spacial score (nSPS) is 37.2. The first-order chi connectivity index (χ1) is 10.6. The molecule has 0 aliphatic carbocycles. The van der Waals surface area contributed by atoms with E-state index < -0.39 is 37.3 Å². The number of hydrogen-bond acceptors (Lipinski definition) is 9. The Morgan fingerprint density at radius 1 is 1.41 bits per heavy atom. The highest BCUT2D eigenvalue weighted by Crippen LogP contribution is 2.28. The lowest BCUT2D eigenvalue weighted by molar-refractivity contribution is -0.0296. The van der Waals surface area contributed by atoms with Gasteiger partial charge in [0.15, 0.2) is 12.3 Å². The molecule has 0 saturated carbocycles. The Balaban J connectivity index is 1.68. The van der Waals surface area contributed by atoms with Gasteiger partial charge in [0.1, 0.15) is 30.5 Å². The number of nitrogens with two attached hydrogens (primary N) is 1. The highest BCUT2D eigenvalue weighted by Gasteiger charge is 2.48. The number of rotatable bonds is 5. The maximum absolute atomic E-state index is 12.1. The molecule has 3 heterocycles. The molecule has 0 aromatic rings. The highest BCUT2D eigenvalue weighted by molar-refractivity contribution is 7.99. The predicted molar refractivity (Wildman–Crippen MR) is 82.0 cm³/mol. The van der Waals surface area contributed by atoms with E-state index in [2.05, 4.69) is 15.0 Å². The van der Waals surface area contributed by atoms with Crippen molar-refractivity contribution >= 4 is 29.8 Å². The molecular formula is C12H18FN5O3S. The molecule has 8 nitrogen and oxygen atoms in total. The zero-order valence-corrected chi connectivity index (χ0v) is 12.6. The minimum absolute atomic E-state index is 0.207. The fourth-order valence-corrected chi connectivity index (χ4v) is 3.39. The molecule has 0 bridgehead atoms. The summed E-state index contributed by atoms with van der Waals surface area (Å²) in [5.74, 6) is 1.66. The van der Waals surface area contributed by atoms with Gasteiger partial charge >= 0.3 is 0 Å². The van der Waals surface area contributed by atoms with Gasteiger partial charge in [0, 0.05) is 11.5 Å². The Morgan fingerprint density at radius 2 is 2.23 bits per heavy atom. The predicted octanol–water partition coefficient (Wildman–Crippen LogP) is -1.42. The third kappa shape index (κ3) is 2.71. The van der Waals surface area contributed by atoms with Gasteiger partial charge in [-0.3, -0.25) is 14.3 Å². The van der Waals surface area contributed by atoms with Gasteiger partial charge in [-0.15, -0.1) is 0 Å². The molecule has 5 atom stereocenters. The average Bonchev–Trinajstić information content (AvgIpc) is 3.05. The second-order valence-electron chi connectivity index (χ2n) is 5.13. The highest BCUT2D eigenvalue weighted by atomic mass is 32.2. The largest absolute Gasteiger partial charge is 0.387 e. The lowest BCUT2D eigenvalue weighted by Gasteiger charge is -2.28. The molecule has 1 saturated heterocycles. The summed E-state index contributed by atoms with van der Waals surface area (Å²) >= 11 is 1.33. The van der Waals surface area contributed by atoms with Crippen LogP contribution in [0.25, 0.3) is 0 Å². The Hall–Kier alpha value is -1.23. The average molecular weight is 331 g/mol. The number of amidine groups is 2. The zero-order chi connectivity index (χ0) is 15.7. The van der Waals surface area contributed by atoms with E-state index in [0.717, 1.165) is 0 Å². The standard InChI is InChI=1S/C12H18FN5O3S/c13-1-2-22-3-6-8(19)9(20)12(21-6)18-5-17-7-10(14)15-4-16-11(7)18/h5-9,12,19-20H,1-4H2,(H2,14,15)/t6-,7?,8-,9-,12?/m1/s1. The Kier molecular flexibility index (Phi) is 4.62. The van der Waals surface area contributed by atoms with E-state index in [1.165, 1.54) is 18.1 Å². The molecule has 3 aliphatic rings. The Labute approximate surface area is 131 Å². The fraction of sp³-hybridized carbons (Fsp3) is 0.750. The summed E-state index contributed by atoms with van der Waals surface area (Å²) in [5.41, 5.74) is 5.79. The van der Waals surface area contributed by atoms with Crippen LogP contribution in [-0.4, -0.2) is 88.6 Å². The number of thioether (sulfide) groups is 1. The van der Waals surface area contributed by atoms with Gasteiger partial charge in [-0.05, 0) is 0 Å². The van der Waals surface area contributed by atoms with Crippen molar-refractivity contribution in [1.82, 2.24) is 4.90 Å². The summed E-state index contributed by atoms with van der Waals surface area (Å²) in [6.45, 7) is -0.228. The molecule has 4 N–H and O–H groups in total. The molecule has 3 rings (SSSR count). The number of hydrogen-bond donors (Lipinski definition) is 3. The van der Waals surface area contributed by atoms with Crippen molar-refractivity contribution in [3.05, 3.63) is 0 Å². The van der Waals surface area contributed by atoms with Crippen molar-refractivity contribution in [2.45, 2.75) is 30.6 Å². The molecule has 0 amide bonds. The summed E-state index contributed by atoms with van der Waals surface area (Å²) in [6, 6.07) is -0.457. The van der Waals surface area contributed by atoms with Crippen LogP contribution in [0.4, 0.5) is 4.39 Å². The number of alkyl halides is 1. The molecule has 122 valence electrons. The van der Waals surface area contributed by atoms with Crippen LogP contribution in [0.2, 0.25) is 0 Å². The molecule has 10 heteroatoms. The zero-order valence-electron chi connectivity index (χ0n) is 11.7. The van der Waals surface area contributed by atoms with Crippen molar-refractivity contribution < 1.29 is 19.3 Å². The van der Waals surface area contributed by atoms with E-state index in [4.69, 9.17) is 10.5 Å². The summed E-state index contributed by atoms with van der Waals surface area (Å²) in [4.78, 5) is 14.1. The Morgan fingerprint density at radius 3 is 3.00 bits per heavy atom. The second kappa shape index (κ2) is 6.49. The smallest absolute Gasteiger partial charge is 0.166 e. The molecule has 1 fully saturated rings. The Bertz CT molecular complexity index is 517. The van der Waals surface area contributed by atoms with E-state index in [1.807, 2.05) is 0 Å². The van der Waals surface area contributed by atoms with E-state index in [-0.39, 0.29) is 6.67 Å². The molecule has 22 heavy (non-hydrogen) atoms. The van der Waals surface area contributed by atoms with Crippen molar-refractivity contribution in [3.8, 4) is 0 Å². The molecular weight excluding hydrogens is 313 g/mol. The molecule has 0 spiro atoms. The summed E-state index contributed by atoms with van der Waals surface area (Å²) < 4.78 is 17.9. The van der Waals surface area contributed by atoms with Gasteiger partial charge in [-0.25, -0.2) is 9.98 Å². The number of aliphatic imine (C=N–C) groups is 3. The lowest BCUT2D eigenvalue weighted by atomic mass is 10.1. The monoisotopic (exact) mass is 331 g/mol. The second-order valence-corrected chi connectivity index (χ2v) is 6.28. The summed E-state index contributed by atoms with van der Waals surface area (Å²) in [7, 11) is 0. The first kappa shape index (κ1) is 15.7. The van der Waals surface area contributed by atoms with Gasteiger partial charge in [0.2, 0.25) is 0 Å². The third-order valence-electron chi connectivity index (χ3n) is 3.73. The van der Waals surface area contributed by atoms with Crippen LogP contribution in [0.5, 0.6) is 0 Å². The lowest BCUT2D eigenvalue weighted by Crippen LogP contribution is -2.49. The van der Waals surface area contributed by atoms with Crippen LogP contribution < -0.4 is 5.73 Å². The number of halogens is 1. The van der Waals surface area contributed by atoms with Gasteiger partial charge < -0.3 is 20.7 Å². The van der Waals surface area contributed by atoms with E-state index >= 15 is 0 Å². The maximum atomic E-state index is 12.1. The van der Waals surface area contributed by atoms with Crippen molar-refractivity contribution in [2.75, 3.05) is 24.8 Å². The fourth-order valence-electron chi connectivity index (χ4n) is 2.60. The number of aliphatic hydroxyl groups excluding tert-OH is 2. The van der Waals surface area contributed by atoms with E-state index in [1.54, 1.807) is 4.90 Å². The number of nitrogens with zero attached hydrogens (tertiary/aromatic N) is 4. The maximum Gasteiger partial charge on any atom is 0.166 e. The van der Waals surface area contributed by atoms with Gasteiger partial charge in [0.05, 0.1) is 19.1 Å². The summed E-state index contributed by atoms with van der Waals surface area (Å²) in [6.07, 6.45) is -2.01. The van der Waals surface area contributed by atoms with E-state index in [9.17, 15) is 14.6 Å². The molecule has 0 radical (unpaired) electrons. The van der Waals surface area contributed by atoms with E-state index in [0.29, 0.717) is 23.2 Å². The quantitative estimate of drug-likeness (QED) is 0.532.